The van der Waals surface area contributed by atoms with Crippen LogP contribution >= 0.6 is 34.7 Å². The molecule has 0 unspecified atom stereocenters. The Labute approximate surface area is 462 Å². The average molecular weight is 1240 g/mol. The Balaban J connectivity index is 0.00000218. The molecule has 3 heterocycles. The quantitative estimate of drug-likeness (QED) is 0.0231. The number of imidazole rings is 1. The lowest BCUT2D eigenvalue weighted by molar-refractivity contribution is 0.317. The van der Waals surface area contributed by atoms with Crippen molar-refractivity contribution in [1.82, 2.24) is 14.4 Å². The number of benzene rings is 5. The Morgan fingerprint density at radius 1 is 0.747 bits per heavy atom. The second-order valence-electron chi connectivity index (χ2n) is 16.5. The summed E-state index contributed by atoms with van der Waals surface area (Å²) in [5.41, 5.74) is 1.48. The zero-order chi connectivity index (χ0) is 57.9. The molecule has 3 aromatic heterocycles. The molecule has 0 bridgehead atoms. The fraction of sp³-hybridized carbons (Fsp3) is 0.205. The highest BCUT2D eigenvalue weighted by Crippen LogP contribution is 2.44. The van der Waals surface area contributed by atoms with Crippen LogP contribution in [0.4, 0.5) is 33.6 Å². The molecule has 0 atom stereocenters. The van der Waals surface area contributed by atoms with Crippen molar-refractivity contribution in [1.29, 1.82) is 5.26 Å². The summed E-state index contributed by atoms with van der Waals surface area (Å²) in [6.07, 6.45) is -0.122. The van der Waals surface area contributed by atoms with Gasteiger partial charge in [-0.25, -0.2) is 9.97 Å². The summed E-state index contributed by atoms with van der Waals surface area (Å²) in [6.45, 7) is 4.53. The second-order valence-corrected chi connectivity index (χ2v) is 25.4. The predicted molar refractivity (Wildman–Crippen MR) is 288 cm³/mol. The van der Waals surface area contributed by atoms with Crippen LogP contribution in [0.1, 0.15) is 35.1 Å². The number of halogens is 1. The van der Waals surface area contributed by atoms with E-state index in [9.17, 15) is 62.3 Å². The average Bonchev–Trinajstić information content (AvgIpc) is 4.12. The Morgan fingerprint density at radius 3 is 1.99 bits per heavy atom. The number of hydrogen-bond donors (Lipinski definition) is 5. The van der Waals surface area contributed by atoms with E-state index >= 15 is 0 Å². The van der Waals surface area contributed by atoms with Crippen molar-refractivity contribution in [3.8, 4) is 17.7 Å². The van der Waals surface area contributed by atoms with Crippen molar-refractivity contribution in [3.05, 3.63) is 94.0 Å². The number of rotatable bonds is 18. The van der Waals surface area contributed by atoms with Crippen molar-refractivity contribution in [2.45, 2.75) is 48.3 Å². The fourth-order valence-electron chi connectivity index (χ4n) is 7.49. The van der Waals surface area contributed by atoms with Gasteiger partial charge in [-0.15, -0.1) is 50.0 Å². The Kier molecular flexibility index (Phi) is 17.9. The van der Waals surface area contributed by atoms with Gasteiger partial charge in [-0.3, -0.25) is 22.6 Å². The van der Waals surface area contributed by atoms with Crippen molar-refractivity contribution >= 4 is 157 Å². The number of nitrogens with zero attached hydrogens (tertiary/aromatic N) is 10. The number of nitriles is 1. The van der Waals surface area contributed by atoms with Gasteiger partial charge in [0.1, 0.15) is 38.4 Å². The first kappa shape index (κ1) is 59.6. The first-order valence-corrected chi connectivity index (χ1v) is 31.2. The van der Waals surface area contributed by atoms with Crippen LogP contribution in [0.5, 0.6) is 11.6 Å². The summed E-state index contributed by atoms with van der Waals surface area (Å²) in [6, 6.07) is 18.5. The molecule has 0 radical (unpaired) electrons. The van der Waals surface area contributed by atoms with Crippen molar-refractivity contribution < 1.29 is 74.4 Å². The minimum atomic E-state index is -4.78. The minimum absolute atomic E-state index is 0.00899. The smallest absolute Gasteiger partial charge is 0.425 e. The minimum Gasteiger partial charge on any atom is -0.493 e. The summed E-state index contributed by atoms with van der Waals surface area (Å²) >= 11 is 8.41. The number of thiazole rings is 1. The molecule has 0 aliphatic carbocycles. The first-order chi connectivity index (χ1) is 36.9. The number of aryl methyl sites for hydroxylation is 2. The van der Waals surface area contributed by atoms with Gasteiger partial charge in [0.2, 0.25) is 11.0 Å². The molecule has 414 valence electrons. The molecule has 27 nitrogen and oxygen atoms in total. The highest BCUT2D eigenvalue weighted by molar-refractivity contribution is 7.99. The van der Waals surface area contributed by atoms with Crippen LogP contribution in [0, 0.1) is 32.1 Å². The van der Waals surface area contributed by atoms with E-state index in [4.69, 9.17) is 29.0 Å². The number of ether oxygens (including phenoxy) is 1. The summed E-state index contributed by atoms with van der Waals surface area (Å²) < 4.78 is 166. The van der Waals surface area contributed by atoms with Crippen LogP contribution in [0.25, 0.3) is 37.7 Å². The topological polar surface area (TPSA) is 426 Å². The van der Waals surface area contributed by atoms with Crippen LogP contribution in [0.15, 0.2) is 112 Å². The Bertz CT molecular complexity index is 4540. The van der Waals surface area contributed by atoms with Crippen LogP contribution in [0.2, 0.25) is 5.02 Å². The standard InChI is InChI=1S/C44H37ClN10O14S6.O3S/c1-22-14-32(51-53-39-24(3)27(21-46)42-47-31-20-37(74(63,64)65)28(45)17-34(31)55(42)43(39)56)35(69-10-6-12-72(57,58)59)18-29(22)49-52-33-15-23(2)30(19-36(33)70-11-7-13-73(60,61)62)50-54-44-48-40-38(75(66,67)68)16-25-8-4-5-9-26(25)41(40)71-44;1-4(2)3/h4-5,8-9,14-20,56H,6-7,10-13H2,1-3H3,(H,57,58,59)(H,60,61,62)(H,63,64,65)(H,66,67,68);. The van der Waals surface area contributed by atoms with Gasteiger partial charge in [0, 0.05) is 21.9 Å². The van der Waals surface area contributed by atoms with Crippen LogP contribution in [-0.4, -0.2) is 108 Å². The van der Waals surface area contributed by atoms with E-state index in [0.717, 1.165) is 27.9 Å². The van der Waals surface area contributed by atoms with E-state index in [1.54, 1.807) is 50.2 Å². The molecular formula is C44H37ClN10O17S7. The number of pyridine rings is 1. The molecule has 0 saturated heterocycles. The van der Waals surface area contributed by atoms with Crippen molar-refractivity contribution in [2.75, 3.05) is 23.9 Å². The van der Waals surface area contributed by atoms with E-state index in [0.29, 0.717) is 37.2 Å². The third-order valence-corrected chi connectivity index (χ3v) is 16.9. The predicted octanol–water partition coefficient (Wildman–Crippen LogP) is 10.2. The maximum absolute atomic E-state index is 12.4. The molecule has 0 aliphatic heterocycles. The zero-order valence-corrected chi connectivity index (χ0v) is 46.9. The maximum Gasteiger partial charge on any atom is 0.425 e. The zero-order valence-electron chi connectivity index (χ0n) is 40.4. The molecular weight excluding hydrogens is 1200 g/mol. The molecule has 0 spiro atoms. The monoisotopic (exact) mass is 1240 g/mol. The number of azo groups is 3. The fourth-order valence-corrected chi connectivity index (χ4v) is 12.3. The van der Waals surface area contributed by atoms with Crippen LogP contribution < -0.4 is 4.74 Å². The highest BCUT2D eigenvalue weighted by Gasteiger charge is 2.25. The van der Waals surface area contributed by atoms with Gasteiger partial charge < -0.3 is 9.84 Å². The van der Waals surface area contributed by atoms with Crippen LogP contribution in [0.3, 0.4) is 0 Å². The lowest BCUT2D eigenvalue weighted by Crippen LogP contribution is -2.08. The van der Waals surface area contributed by atoms with Gasteiger partial charge >= 0.3 is 10.6 Å². The molecule has 0 saturated carbocycles. The lowest BCUT2D eigenvalue weighted by atomic mass is 10.1. The molecule has 35 heteroatoms. The van der Waals surface area contributed by atoms with E-state index in [1.807, 2.05) is 6.07 Å². The van der Waals surface area contributed by atoms with Crippen LogP contribution in [-0.2, 0) is 51.1 Å². The first-order valence-electron chi connectivity index (χ1n) is 22.0. The van der Waals surface area contributed by atoms with E-state index in [2.05, 4.69) is 40.7 Å². The number of fused-ring (bicyclic) bond motifs is 6. The normalized spacial score (nSPS) is 12.6. The summed E-state index contributed by atoms with van der Waals surface area (Å²) in [7, 11) is -21.2. The number of aromatic nitrogens is 3. The van der Waals surface area contributed by atoms with Crippen molar-refractivity contribution in [3.63, 3.8) is 0 Å². The third kappa shape index (κ3) is 14.4. The number of aromatic hydroxyl groups is 1. The Hall–Kier alpha value is -7.01. The molecule has 8 rings (SSSR count). The molecule has 79 heavy (non-hydrogen) atoms. The van der Waals surface area contributed by atoms with Gasteiger partial charge in [-0.05, 0) is 92.3 Å². The molecule has 0 fully saturated rings. The SMILES string of the molecule is Cc1cc(N=Nc2cc(OCCCS(=O)(=O)O)c(N=Nc3c(C)c(C#N)c4nc5cc(S(=O)(=O)O)c(Cl)cc5n4c3O)cc2C)c(SCCCS(=O)(=O)O)cc1N=Nc1nc2c(S(=O)(=O)O)cc3ccccc3c2s1.O=S(=O)=O. The Morgan fingerprint density at radius 2 is 1.34 bits per heavy atom. The third-order valence-electron chi connectivity index (χ3n) is 11.0. The molecule has 5 N–H and O–H groups in total. The highest BCUT2D eigenvalue weighted by atomic mass is 35.5. The van der Waals surface area contributed by atoms with E-state index in [1.165, 1.54) is 36.9 Å². The molecule has 0 amide bonds. The van der Waals surface area contributed by atoms with E-state index < -0.39 is 83.3 Å². The van der Waals surface area contributed by atoms with Gasteiger partial charge in [0.25, 0.3) is 40.5 Å². The van der Waals surface area contributed by atoms with Crippen molar-refractivity contribution in [2.24, 2.45) is 30.7 Å². The van der Waals surface area contributed by atoms with E-state index in [-0.39, 0.29) is 92.2 Å². The number of thioether (sulfide) groups is 1. The summed E-state index contributed by atoms with van der Waals surface area (Å²) in [5.74, 6) is -1.60. The second kappa shape index (κ2) is 23.8. The molecule has 0 aliphatic rings. The number of hydrogen-bond acceptors (Lipinski definition) is 24. The van der Waals surface area contributed by atoms with Gasteiger partial charge in [0.05, 0.1) is 55.9 Å². The van der Waals surface area contributed by atoms with Gasteiger partial charge in [-0.2, -0.15) is 44.0 Å². The van der Waals surface area contributed by atoms with Gasteiger partial charge in [0.15, 0.2) is 11.3 Å². The molecule has 5 aromatic carbocycles. The molecule has 8 aromatic rings. The van der Waals surface area contributed by atoms with Gasteiger partial charge in [-0.1, -0.05) is 47.2 Å². The maximum atomic E-state index is 12.4. The summed E-state index contributed by atoms with van der Waals surface area (Å²) in [4.78, 5) is 8.08. The largest absolute Gasteiger partial charge is 0.493 e. The lowest BCUT2D eigenvalue weighted by Gasteiger charge is -2.12. The summed E-state index contributed by atoms with van der Waals surface area (Å²) in [5, 5.41) is 49.0.